The molecule has 2 aliphatic heterocycles. The third kappa shape index (κ3) is 5.84. The van der Waals surface area contributed by atoms with E-state index in [1.165, 1.54) is 39.5 Å². The van der Waals surface area contributed by atoms with E-state index in [0.717, 1.165) is 6.07 Å². The number of hydrogen-bond acceptors (Lipinski definition) is 8. The molecule has 262 valence electrons. The number of aromatic hydroxyl groups is 1. The topological polar surface area (TPSA) is 189 Å². The standard InChI is InChI=1S/C34H28F2N6O8S/c1-2-40-26-14-18(4-8-24(26)42(34(40)48)25-9-10-28(44)38-33(25)47)21-6-3-17(11-23(21)35)12-29(45)37-20-5-7-22-19(13-20)15-27(43)32(31(22)36)41-16-30(46)39-51(41,49)50/h3-8,11,13-15,25,43H,2,9-10,12,16H2,1H3,(H,37,45)(H,39,46)(H,38,44,47). The fraction of sp³-hybridized carbons (Fsp3) is 0.206. The minimum atomic E-state index is -4.38. The van der Waals surface area contributed by atoms with Crippen molar-refractivity contribution >= 4 is 67.0 Å². The number of imidazole rings is 1. The Labute approximate surface area is 287 Å². The Morgan fingerprint density at radius 2 is 1.76 bits per heavy atom. The van der Waals surface area contributed by atoms with Crippen molar-refractivity contribution in [3.8, 4) is 16.9 Å². The van der Waals surface area contributed by atoms with Gasteiger partial charge >= 0.3 is 15.9 Å². The number of halogens is 2. The predicted octanol–water partition coefficient (Wildman–Crippen LogP) is 2.97. The highest BCUT2D eigenvalue weighted by Crippen LogP contribution is 2.39. The summed E-state index contributed by atoms with van der Waals surface area (Å²) in [5.74, 6) is -4.81. The number of aromatic nitrogens is 2. The van der Waals surface area contributed by atoms with Gasteiger partial charge in [0.15, 0.2) is 5.82 Å². The van der Waals surface area contributed by atoms with Crippen LogP contribution in [0.5, 0.6) is 5.75 Å². The van der Waals surface area contributed by atoms with Crippen LogP contribution in [0.4, 0.5) is 20.2 Å². The van der Waals surface area contributed by atoms with Crippen LogP contribution in [0.2, 0.25) is 0 Å². The highest BCUT2D eigenvalue weighted by atomic mass is 32.2. The average Bonchev–Trinajstić information content (AvgIpc) is 3.49. The summed E-state index contributed by atoms with van der Waals surface area (Å²) in [7, 11) is -4.38. The SMILES string of the molecule is CCn1c(=O)n(C2CCC(=O)NC2=O)c2ccc(-c3ccc(CC(=O)Nc4ccc5c(F)c(N6CC(=O)NS6(=O)=O)c(O)cc5c4)cc3F)cc21. The Bertz CT molecular complexity index is 2530. The molecule has 4 N–H and O–H groups in total. The van der Waals surface area contributed by atoms with Crippen LogP contribution in [0.1, 0.15) is 31.4 Å². The van der Waals surface area contributed by atoms with Crippen LogP contribution >= 0.6 is 0 Å². The van der Waals surface area contributed by atoms with E-state index in [-0.39, 0.29) is 47.8 Å². The Kier molecular flexibility index (Phi) is 8.08. The van der Waals surface area contributed by atoms with Crippen molar-refractivity contribution in [1.29, 1.82) is 0 Å². The number of imide groups is 1. The number of phenolic OH excluding ortho intramolecular Hbond substituents is 1. The van der Waals surface area contributed by atoms with Crippen LogP contribution in [-0.2, 0) is 42.4 Å². The minimum Gasteiger partial charge on any atom is -0.506 e. The molecule has 7 rings (SSSR count). The fourth-order valence-corrected chi connectivity index (χ4v) is 7.74. The van der Waals surface area contributed by atoms with Crippen LogP contribution in [0.25, 0.3) is 32.9 Å². The van der Waals surface area contributed by atoms with Crippen molar-refractivity contribution in [3.05, 3.63) is 88.3 Å². The summed E-state index contributed by atoms with van der Waals surface area (Å²) in [5, 5.41) is 15.5. The summed E-state index contributed by atoms with van der Waals surface area (Å²) in [6.45, 7) is 1.35. The van der Waals surface area contributed by atoms with Crippen molar-refractivity contribution in [2.45, 2.75) is 38.8 Å². The van der Waals surface area contributed by atoms with Gasteiger partial charge in [-0.2, -0.15) is 8.42 Å². The lowest BCUT2D eigenvalue weighted by molar-refractivity contribution is -0.135. The lowest BCUT2D eigenvalue weighted by Crippen LogP contribution is -2.44. The van der Waals surface area contributed by atoms with Crippen molar-refractivity contribution in [1.82, 2.24) is 19.2 Å². The first-order valence-electron chi connectivity index (χ1n) is 15.7. The normalized spacial score (nSPS) is 17.2. The lowest BCUT2D eigenvalue weighted by Gasteiger charge is -2.22. The van der Waals surface area contributed by atoms with Crippen molar-refractivity contribution in [2.24, 2.45) is 0 Å². The van der Waals surface area contributed by atoms with Gasteiger partial charge in [0.1, 0.15) is 29.8 Å². The number of carbonyl (C=O) groups excluding carboxylic acids is 4. The molecule has 2 aliphatic rings. The number of aryl methyl sites for hydroxylation is 1. The van der Waals surface area contributed by atoms with E-state index in [1.54, 1.807) is 35.9 Å². The molecule has 0 aliphatic carbocycles. The molecule has 2 fully saturated rings. The molecule has 17 heteroatoms. The predicted molar refractivity (Wildman–Crippen MR) is 181 cm³/mol. The van der Waals surface area contributed by atoms with Crippen molar-refractivity contribution in [3.63, 3.8) is 0 Å². The zero-order chi connectivity index (χ0) is 36.4. The first-order valence-corrected chi connectivity index (χ1v) is 17.2. The van der Waals surface area contributed by atoms with Gasteiger partial charge in [-0.1, -0.05) is 18.2 Å². The molecule has 0 bridgehead atoms. The first-order chi connectivity index (χ1) is 24.2. The van der Waals surface area contributed by atoms with Crippen LogP contribution in [0.3, 0.4) is 0 Å². The van der Waals surface area contributed by atoms with Gasteiger partial charge in [0.25, 0.3) is 5.91 Å². The van der Waals surface area contributed by atoms with Gasteiger partial charge < -0.3 is 10.4 Å². The lowest BCUT2D eigenvalue weighted by atomic mass is 10.0. The van der Waals surface area contributed by atoms with Gasteiger partial charge in [-0.05, 0) is 72.3 Å². The number of anilines is 2. The highest BCUT2D eigenvalue weighted by molar-refractivity contribution is 7.92. The van der Waals surface area contributed by atoms with E-state index in [4.69, 9.17) is 0 Å². The maximum absolute atomic E-state index is 15.5. The van der Waals surface area contributed by atoms with Gasteiger partial charge in [-0.3, -0.25) is 33.6 Å². The maximum Gasteiger partial charge on any atom is 0.329 e. The quantitative estimate of drug-likeness (QED) is 0.185. The number of fused-ring (bicyclic) bond motifs is 2. The first kappa shape index (κ1) is 33.4. The van der Waals surface area contributed by atoms with E-state index in [1.807, 2.05) is 0 Å². The molecular weight excluding hydrogens is 690 g/mol. The van der Waals surface area contributed by atoms with Crippen LogP contribution in [0.15, 0.2) is 65.5 Å². The molecule has 0 spiro atoms. The third-order valence-corrected chi connectivity index (χ3v) is 10.3. The second-order valence-corrected chi connectivity index (χ2v) is 13.7. The number of benzene rings is 4. The van der Waals surface area contributed by atoms with Gasteiger partial charge in [0.05, 0.1) is 17.5 Å². The van der Waals surface area contributed by atoms with E-state index in [0.29, 0.717) is 26.5 Å². The molecule has 0 radical (unpaired) electrons. The molecule has 2 saturated heterocycles. The van der Waals surface area contributed by atoms with E-state index < -0.39 is 75.2 Å². The second-order valence-electron chi connectivity index (χ2n) is 12.1. The number of nitrogens with one attached hydrogen (secondary N) is 3. The van der Waals surface area contributed by atoms with Gasteiger partial charge in [0.2, 0.25) is 17.7 Å². The van der Waals surface area contributed by atoms with E-state index in [9.17, 15) is 37.5 Å². The zero-order valence-corrected chi connectivity index (χ0v) is 27.5. The summed E-state index contributed by atoms with van der Waals surface area (Å²) in [6.07, 6.45) is 0.0452. The number of phenols is 1. The summed E-state index contributed by atoms with van der Waals surface area (Å²) in [6, 6.07) is 13.5. The molecule has 5 aromatic rings. The monoisotopic (exact) mass is 718 g/mol. The number of rotatable bonds is 7. The largest absolute Gasteiger partial charge is 0.506 e. The molecular formula is C34H28F2N6O8S. The smallest absolute Gasteiger partial charge is 0.329 e. The number of amides is 4. The Morgan fingerprint density at radius 1 is 0.980 bits per heavy atom. The number of hydrogen-bond donors (Lipinski definition) is 4. The molecule has 0 saturated carbocycles. The molecule has 3 heterocycles. The van der Waals surface area contributed by atoms with Crippen LogP contribution in [-0.4, -0.2) is 52.8 Å². The highest BCUT2D eigenvalue weighted by Gasteiger charge is 2.38. The van der Waals surface area contributed by atoms with Crippen LogP contribution in [0, 0.1) is 11.6 Å². The summed E-state index contributed by atoms with van der Waals surface area (Å²) < 4.78 is 60.3. The van der Waals surface area contributed by atoms with Crippen molar-refractivity contribution < 1.29 is 41.5 Å². The Morgan fingerprint density at radius 3 is 2.45 bits per heavy atom. The summed E-state index contributed by atoms with van der Waals surface area (Å²) in [5.41, 5.74) is 1.07. The number of nitrogens with zero attached hydrogens (tertiary/aromatic N) is 3. The van der Waals surface area contributed by atoms with Crippen molar-refractivity contribution in [2.75, 3.05) is 16.2 Å². The fourth-order valence-electron chi connectivity index (χ4n) is 6.57. The number of piperidine rings is 1. The molecule has 4 amide bonds. The molecule has 4 aromatic carbocycles. The Balaban J connectivity index is 1.10. The average molecular weight is 719 g/mol. The zero-order valence-electron chi connectivity index (χ0n) is 26.7. The summed E-state index contributed by atoms with van der Waals surface area (Å²) >= 11 is 0. The number of carbonyl (C=O) groups is 4. The van der Waals surface area contributed by atoms with Gasteiger partial charge in [0, 0.05) is 29.6 Å². The maximum atomic E-state index is 15.5. The third-order valence-electron chi connectivity index (χ3n) is 8.89. The van der Waals surface area contributed by atoms with E-state index in [2.05, 4.69) is 10.6 Å². The molecule has 51 heavy (non-hydrogen) atoms. The molecule has 14 nitrogen and oxygen atoms in total. The second kappa shape index (κ2) is 12.3. The Hall–Kier alpha value is -6.10. The minimum absolute atomic E-state index is 0.0744. The van der Waals surface area contributed by atoms with Gasteiger partial charge in [-0.15, -0.1) is 0 Å². The molecule has 1 aromatic heterocycles. The summed E-state index contributed by atoms with van der Waals surface area (Å²) in [4.78, 5) is 62.1. The van der Waals surface area contributed by atoms with Gasteiger partial charge in [-0.25, -0.2) is 22.6 Å². The molecule has 1 unspecified atom stereocenters. The van der Waals surface area contributed by atoms with Crippen LogP contribution < -0.4 is 25.4 Å². The molecule has 1 atom stereocenters. The van der Waals surface area contributed by atoms with E-state index >= 15 is 8.78 Å².